The molecule has 1 fully saturated rings. The van der Waals surface area contributed by atoms with Gasteiger partial charge in [0.1, 0.15) is 11.5 Å². The first kappa shape index (κ1) is 22.8. The van der Waals surface area contributed by atoms with Gasteiger partial charge in [-0.05, 0) is 30.5 Å². The van der Waals surface area contributed by atoms with E-state index in [1.54, 1.807) is 23.2 Å². The molecule has 1 aromatic carbocycles. The Morgan fingerprint density at radius 1 is 1.18 bits per heavy atom. The molecule has 4 rings (SSSR count). The van der Waals surface area contributed by atoms with Crippen LogP contribution in [-0.4, -0.2) is 62.7 Å². The summed E-state index contributed by atoms with van der Waals surface area (Å²) >= 11 is 1.19. The van der Waals surface area contributed by atoms with Crippen LogP contribution in [0.1, 0.15) is 34.9 Å². The molecule has 33 heavy (non-hydrogen) atoms. The lowest BCUT2D eigenvalue weighted by Crippen LogP contribution is -2.39. The standard InChI is InChI=1S/C23H22FN5O3S/c1-32-20(30)14-33-23-27-11-18(15-4-6-17(24)7-5-15)21(28-23)16-3-2-10-29(13-16)22(31)19-12-25-8-9-26-19/h4-9,11-12,16H,2-3,10,13-14H2,1H3. The van der Waals surface area contributed by atoms with Gasteiger partial charge in [-0.25, -0.2) is 19.3 Å². The summed E-state index contributed by atoms with van der Waals surface area (Å²) in [5.74, 6) is -0.838. The fourth-order valence-electron chi connectivity index (χ4n) is 3.75. The van der Waals surface area contributed by atoms with Crippen LogP contribution in [0, 0.1) is 5.82 Å². The predicted molar refractivity (Wildman–Crippen MR) is 120 cm³/mol. The molecule has 0 spiro atoms. The Hall–Kier alpha value is -3.40. The van der Waals surface area contributed by atoms with Gasteiger partial charge in [0.2, 0.25) is 0 Å². The average Bonchev–Trinajstić information content (AvgIpc) is 2.87. The number of amides is 1. The van der Waals surface area contributed by atoms with Crippen molar-refractivity contribution >= 4 is 23.6 Å². The zero-order valence-corrected chi connectivity index (χ0v) is 18.8. The molecule has 8 nitrogen and oxygen atoms in total. The normalized spacial score (nSPS) is 15.8. The fourth-order valence-corrected chi connectivity index (χ4v) is 4.40. The second-order valence-electron chi connectivity index (χ2n) is 7.50. The van der Waals surface area contributed by atoms with Gasteiger partial charge in [0, 0.05) is 43.2 Å². The third-order valence-electron chi connectivity index (χ3n) is 5.38. The summed E-state index contributed by atoms with van der Waals surface area (Å²) in [6, 6.07) is 6.15. The number of likely N-dealkylation sites (tertiary alicyclic amines) is 1. The van der Waals surface area contributed by atoms with E-state index in [0.29, 0.717) is 23.9 Å². The average molecular weight is 468 g/mol. The Kier molecular flexibility index (Phi) is 7.23. The number of nitrogens with zero attached hydrogens (tertiary/aromatic N) is 5. The molecule has 1 aliphatic heterocycles. The van der Waals surface area contributed by atoms with Gasteiger partial charge < -0.3 is 9.64 Å². The summed E-state index contributed by atoms with van der Waals surface area (Å²) in [6.07, 6.45) is 7.81. The van der Waals surface area contributed by atoms with Crippen LogP contribution in [0.25, 0.3) is 11.1 Å². The summed E-state index contributed by atoms with van der Waals surface area (Å²) in [7, 11) is 1.33. The van der Waals surface area contributed by atoms with E-state index in [4.69, 9.17) is 9.72 Å². The summed E-state index contributed by atoms with van der Waals surface area (Å²) in [5, 5.41) is 0.443. The quantitative estimate of drug-likeness (QED) is 0.309. The maximum atomic E-state index is 13.5. The second-order valence-corrected chi connectivity index (χ2v) is 8.45. The van der Waals surface area contributed by atoms with Gasteiger partial charge in [0.05, 0.1) is 24.8 Å². The number of halogens is 1. The van der Waals surface area contributed by atoms with E-state index in [-0.39, 0.29) is 29.4 Å². The number of thioether (sulfide) groups is 1. The van der Waals surface area contributed by atoms with Crippen LogP contribution in [0.3, 0.4) is 0 Å². The third kappa shape index (κ3) is 5.51. The van der Waals surface area contributed by atoms with Gasteiger partial charge in [0.15, 0.2) is 5.16 Å². The molecule has 10 heteroatoms. The molecule has 0 bridgehead atoms. The summed E-state index contributed by atoms with van der Waals surface area (Å²) in [4.78, 5) is 43.5. The SMILES string of the molecule is COC(=O)CSc1ncc(-c2ccc(F)cc2)c(C2CCCN(C(=O)c3cnccn3)C2)n1. The molecule has 3 aromatic rings. The highest BCUT2D eigenvalue weighted by molar-refractivity contribution is 7.99. The number of aromatic nitrogens is 4. The number of piperidine rings is 1. The molecule has 0 N–H and O–H groups in total. The fraction of sp³-hybridized carbons (Fsp3) is 0.304. The number of carbonyl (C=O) groups is 2. The number of hydrogen-bond donors (Lipinski definition) is 0. The monoisotopic (exact) mass is 467 g/mol. The summed E-state index contributed by atoms with van der Waals surface area (Å²) in [5.41, 5.74) is 2.62. The largest absolute Gasteiger partial charge is 0.468 e. The summed E-state index contributed by atoms with van der Waals surface area (Å²) < 4.78 is 18.2. The molecule has 2 aromatic heterocycles. The van der Waals surface area contributed by atoms with E-state index in [2.05, 4.69) is 15.0 Å². The first-order valence-electron chi connectivity index (χ1n) is 10.4. The van der Waals surface area contributed by atoms with E-state index >= 15 is 0 Å². The predicted octanol–water partition coefficient (Wildman–Crippen LogP) is 3.36. The van der Waals surface area contributed by atoms with E-state index in [9.17, 15) is 14.0 Å². The molecular formula is C23H22FN5O3S. The van der Waals surface area contributed by atoms with Gasteiger partial charge >= 0.3 is 5.97 Å². The number of esters is 1. The van der Waals surface area contributed by atoms with Crippen molar-refractivity contribution in [3.8, 4) is 11.1 Å². The van der Waals surface area contributed by atoms with Crippen LogP contribution in [0.5, 0.6) is 0 Å². The van der Waals surface area contributed by atoms with Gasteiger partial charge in [-0.3, -0.25) is 14.6 Å². The lowest BCUT2D eigenvalue weighted by Gasteiger charge is -2.33. The van der Waals surface area contributed by atoms with Crippen molar-refractivity contribution in [2.75, 3.05) is 26.0 Å². The molecule has 1 saturated heterocycles. The maximum Gasteiger partial charge on any atom is 0.316 e. The highest BCUT2D eigenvalue weighted by Crippen LogP contribution is 2.34. The number of rotatable bonds is 6. The van der Waals surface area contributed by atoms with E-state index in [0.717, 1.165) is 29.7 Å². The van der Waals surface area contributed by atoms with Crippen molar-refractivity contribution in [2.45, 2.75) is 23.9 Å². The van der Waals surface area contributed by atoms with Gasteiger partial charge in [-0.1, -0.05) is 23.9 Å². The minimum absolute atomic E-state index is 0.0556. The van der Waals surface area contributed by atoms with Crippen molar-refractivity contribution < 1.29 is 18.7 Å². The lowest BCUT2D eigenvalue weighted by molar-refractivity contribution is -0.137. The van der Waals surface area contributed by atoms with Crippen LogP contribution < -0.4 is 0 Å². The highest BCUT2D eigenvalue weighted by atomic mass is 32.2. The Bertz CT molecular complexity index is 1130. The molecule has 3 heterocycles. The summed E-state index contributed by atoms with van der Waals surface area (Å²) in [6.45, 7) is 1.08. The van der Waals surface area contributed by atoms with Crippen LogP contribution in [0.2, 0.25) is 0 Å². The van der Waals surface area contributed by atoms with Crippen LogP contribution in [-0.2, 0) is 9.53 Å². The third-order valence-corrected chi connectivity index (χ3v) is 6.21. The Morgan fingerprint density at radius 3 is 2.73 bits per heavy atom. The molecule has 0 aliphatic carbocycles. The molecule has 0 radical (unpaired) electrons. The molecule has 170 valence electrons. The van der Waals surface area contributed by atoms with Crippen molar-refractivity contribution in [3.63, 3.8) is 0 Å². The smallest absolute Gasteiger partial charge is 0.316 e. The van der Waals surface area contributed by atoms with Gasteiger partial charge in [0.25, 0.3) is 5.91 Å². The zero-order chi connectivity index (χ0) is 23.2. The Labute approximate surface area is 194 Å². The maximum absolute atomic E-state index is 13.5. The molecule has 0 saturated carbocycles. The van der Waals surface area contributed by atoms with Crippen LogP contribution in [0.15, 0.2) is 54.2 Å². The molecule has 1 amide bonds. The minimum Gasteiger partial charge on any atom is -0.468 e. The van der Waals surface area contributed by atoms with Crippen molar-refractivity contribution in [2.24, 2.45) is 0 Å². The molecule has 1 aliphatic rings. The van der Waals surface area contributed by atoms with Crippen molar-refractivity contribution in [1.29, 1.82) is 0 Å². The second kappa shape index (κ2) is 10.5. The first-order chi connectivity index (χ1) is 16.0. The molecule has 1 unspecified atom stereocenters. The highest BCUT2D eigenvalue weighted by Gasteiger charge is 2.29. The number of hydrogen-bond acceptors (Lipinski definition) is 8. The number of methoxy groups -OCH3 is 1. The molecular weight excluding hydrogens is 445 g/mol. The van der Waals surface area contributed by atoms with Crippen molar-refractivity contribution in [1.82, 2.24) is 24.8 Å². The zero-order valence-electron chi connectivity index (χ0n) is 18.0. The Morgan fingerprint density at radius 2 is 2.00 bits per heavy atom. The number of carbonyl (C=O) groups excluding carboxylic acids is 2. The minimum atomic E-state index is -0.369. The van der Waals surface area contributed by atoms with Crippen molar-refractivity contribution in [3.05, 3.63) is 66.3 Å². The van der Waals surface area contributed by atoms with Crippen LogP contribution in [0.4, 0.5) is 4.39 Å². The van der Waals surface area contributed by atoms with E-state index in [1.807, 2.05) is 0 Å². The molecule has 1 atom stereocenters. The topological polar surface area (TPSA) is 98.2 Å². The lowest BCUT2D eigenvalue weighted by atomic mass is 9.90. The number of ether oxygens (including phenoxy) is 1. The van der Waals surface area contributed by atoms with E-state index in [1.165, 1.54) is 49.6 Å². The van der Waals surface area contributed by atoms with Gasteiger partial charge in [-0.2, -0.15) is 0 Å². The first-order valence-corrected chi connectivity index (χ1v) is 11.4. The van der Waals surface area contributed by atoms with Crippen LogP contribution >= 0.6 is 11.8 Å². The van der Waals surface area contributed by atoms with E-state index < -0.39 is 0 Å². The number of benzene rings is 1. The Balaban J connectivity index is 1.64. The van der Waals surface area contributed by atoms with Gasteiger partial charge in [-0.15, -0.1) is 0 Å².